The Balaban J connectivity index is 1.28. The summed E-state index contributed by atoms with van der Waals surface area (Å²) in [5, 5.41) is 7.21. The standard InChI is InChI=1S/C22H23N3O2/c26-22(23-19-9-5-2-6-10-19)18-11-13-25(14-12-18)16-20-15-21(27-24-20)17-7-3-1-4-8-17/h1-10,15,18H,11-14,16H2,(H,23,26). The summed E-state index contributed by atoms with van der Waals surface area (Å²) in [5.41, 5.74) is 2.83. The lowest BCUT2D eigenvalue weighted by molar-refractivity contribution is -0.121. The van der Waals surface area contributed by atoms with Crippen molar-refractivity contribution >= 4 is 11.6 Å². The fourth-order valence-electron chi connectivity index (χ4n) is 3.47. The van der Waals surface area contributed by atoms with Gasteiger partial charge < -0.3 is 9.84 Å². The minimum absolute atomic E-state index is 0.0682. The number of nitrogens with one attached hydrogen (secondary N) is 1. The molecule has 5 nitrogen and oxygen atoms in total. The van der Waals surface area contributed by atoms with Gasteiger partial charge in [0.25, 0.3) is 0 Å². The van der Waals surface area contributed by atoms with Crippen molar-refractivity contribution in [2.45, 2.75) is 19.4 Å². The molecule has 1 fully saturated rings. The first kappa shape index (κ1) is 17.5. The second-order valence-electron chi connectivity index (χ2n) is 6.95. The minimum Gasteiger partial charge on any atom is -0.356 e. The molecule has 1 amide bonds. The summed E-state index contributed by atoms with van der Waals surface area (Å²) in [6, 6.07) is 21.6. The lowest BCUT2D eigenvalue weighted by atomic mass is 9.95. The van der Waals surface area contributed by atoms with E-state index >= 15 is 0 Å². The van der Waals surface area contributed by atoms with E-state index in [0.29, 0.717) is 0 Å². The Morgan fingerprint density at radius 1 is 1.04 bits per heavy atom. The van der Waals surface area contributed by atoms with E-state index in [1.165, 1.54) is 0 Å². The number of likely N-dealkylation sites (tertiary alicyclic amines) is 1. The van der Waals surface area contributed by atoms with Crippen molar-refractivity contribution in [2.75, 3.05) is 18.4 Å². The van der Waals surface area contributed by atoms with Gasteiger partial charge in [-0.1, -0.05) is 53.7 Å². The lowest BCUT2D eigenvalue weighted by Gasteiger charge is -2.30. The van der Waals surface area contributed by atoms with Crippen LogP contribution in [0, 0.1) is 5.92 Å². The molecule has 1 N–H and O–H groups in total. The number of hydrogen-bond acceptors (Lipinski definition) is 4. The Labute approximate surface area is 159 Å². The van der Waals surface area contributed by atoms with Gasteiger partial charge in [0.2, 0.25) is 5.91 Å². The maximum Gasteiger partial charge on any atom is 0.227 e. The molecule has 27 heavy (non-hydrogen) atoms. The molecule has 0 saturated carbocycles. The Morgan fingerprint density at radius 3 is 2.41 bits per heavy atom. The molecular weight excluding hydrogens is 338 g/mol. The number of para-hydroxylation sites is 1. The summed E-state index contributed by atoms with van der Waals surface area (Å²) in [6.45, 7) is 2.53. The summed E-state index contributed by atoms with van der Waals surface area (Å²) < 4.78 is 5.48. The summed E-state index contributed by atoms with van der Waals surface area (Å²) in [6.07, 6.45) is 1.73. The van der Waals surface area contributed by atoms with Crippen LogP contribution < -0.4 is 5.32 Å². The van der Waals surface area contributed by atoms with E-state index in [1.54, 1.807) is 0 Å². The number of amides is 1. The SMILES string of the molecule is O=C(Nc1ccccc1)C1CCN(Cc2cc(-c3ccccc3)on2)CC1. The van der Waals surface area contributed by atoms with Crippen LogP contribution in [-0.2, 0) is 11.3 Å². The smallest absolute Gasteiger partial charge is 0.227 e. The van der Waals surface area contributed by atoms with Gasteiger partial charge in [0, 0.05) is 29.8 Å². The van der Waals surface area contributed by atoms with Crippen LogP contribution in [0.2, 0.25) is 0 Å². The highest BCUT2D eigenvalue weighted by atomic mass is 16.5. The third-order valence-electron chi connectivity index (χ3n) is 5.00. The normalized spacial score (nSPS) is 15.6. The third kappa shape index (κ3) is 4.44. The molecule has 5 heteroatoms. The zero-order valence-electron chi connectivity index (χ0n) is 15.2. The zero-order valence-corrected chi connectivity index (χ0v) is 15.2. The van der Waals surface area contributed by atoms with Crippen LogP contribution in [0.15, 0.2) is 71.3 Å². The first-order valence-electron chi connectivity index (χ1n) is 9.37. The van der Waals surface area contributed by atoms with E-state index in [1.807, 2.05) is 66.7 Å². The number of benzene rings is 2. The molecule has 1 saturated heterocycles. The summed E-state index contributed by atoms with van der Waals surface area (Å²) >= 11 is 0. The van der Waals surface area contributed by atoms with Crippen molar-refractivity contribution < 1.29 is 9.32 Å². The van der Waals surface area contributed by atoms with Crippen molar-refractivity contribution in [2.24, 2.45) is 5.92 Å². The van der Waals surface area contributed by atoms with E-state index in [0.717, 1.165) is 55.2 Å². The first-order valence-corrected chi connectivity index (χ1v) is 9.37. The molecular formula is C22H23N3O2. The molecule has 0 unspecified atom stereocenters. The van der Waals surface area contributed by atoms with Gasteiger partial charge in [-0.25, -0.2) is 0 Å². The van der Waals surface area contributed by atoms with Gasteiger partial charge in [-0.3, -0.25) is 9.69 Å². The van der Waals surface area contributed by atoms with Crippen LogP contribution in [0.25, 0.3) is 11.3 Å². The third-order valence-corrected chi connectivity index (χ3v) is 5.00. The molecule has 1 aliphatic rings. The van der Waals surface area contributed by atoms with Crippen molar-refractivity contribution in [3.8, 4) is 11.3 Å². The second-order valence-corrected chi connectivity index (χ2v) is 6.95. The van der Waals surface area contributed by atoms with Gasteiger partial charge in [-0.2, -0.15) is 0 Å². The Bertz CT molecular complexity index is 869. The number of rotatable bonds is 5. The van der Waals surface area contributed by atoms with Crippen molar-refractivity contribution in [1.29, 1.82) is 0 Å². The van der Waals surface area contributed by atoms with Crippen LogP contribution in [-0.4, -0.2) is 29.1 Å². The molecule has 1 aliphatic heterocycles. The zero-order chi connectivity index (χ0) is 18.5. The van der Waals surface area contributed by atoms with Crippen LogP contribution in [0.5, 0.6) is 0 Å². The number of aromatic nitrogens is 1. The highest BCUT2D eigenvalue weighted by Gasteiger charge is 2.25. The van der Waals surface area contributed by atoms with E-state index < -0.39 is 0 Å². The molecule has 3 aromatic rings. The highest BCUT2D eigenvalue weighted by Crippen LogP contribution is 2.23. The average Bonchev–Trinajstić information content (AvgIpc) is 3.18. The van der Waals surface area contributed by atoms with Gasteiger partial charge in [-0.15, -0.1) is 0 Å². The second kappa shape index (κ2) is 8.18. The molecule has 0 radical (unpaired) electrons. The van der Waals surface area contributed by atoms with Gasteiger partial charge in [0.05, 0.1) is 5.69 Å². The van der Waals surface area contributed by atoms with Crippen molar-refractivity contribution in [1.82, 2.24) is 10.1 Å². The van der Waals surface area contributed by atoms with Crippen LogP contribution >= 0.6 is 0 Å². The first-order chi connectivity index (χ1) is 13.3. The largest absolute Gasteiger partial charge is 0.356 e. The molecule has 138 valence electrons. The van der Waals surface area contributed by atoms with E-state index in [9.17, 15) is 4.79 Å². The van der Waals surface area contributed by atoms with E-state index in [-0.39, 0.29) is 11.8 Å². The number of nitrogens with zero attached hydrogens (tertiary/aromatic N) is 2. The molecule has 1 aromatic heterocycles. The summed E-state index contributed by atoms with van der Waals surface area (Å²) in [7, 11) is 0. The van der Waals surface area contributed by atoms with Crippen molar-refractivity contribution in [3.05, 3.63) is 72.4 Å². The summed E-state index contributed by atoms with van der Waals surface area (Å²) in [4.78, 5) is 14.8. The number of carbonyl (C=O) groups excluding carboxylic acids is 1. The topological polar surface area (TPSA) is 58.4 Å². The average molecular weight is 361 g/mol. The Hall–Kier alpha value is -2.92. The Morgan fingerprint density at radius 2 is 1.70 bits per heavy atom. The molecule has 0 aliphatic carbocycles. The maximum atomic E-state index is 12.4. The molecule has 4 rings (SSSR count). The van der Waals surface area contributed by atoms with Gasteiger partial charge in [0.15, 0.2) is 5.76 Å². The van der Waals surface area contributed by atoms with Gasteiger partial charge in [0.1, 0.15) is 0 Å². The fourth-order valence-corrected chi connectivity index (χ4v) is 3.47. The molecule has 0 bridgehead atoms. The quantitative estimate of drug-likeness (QED) is 0.740. The Kier molecular flexibility index (Phi) is 5.30. The van der Waals surface area contributed by atoms with Crippen LogP contribution in [0.3, 0.4) is 0 Å². The number of anilines is 1. The molecule has 0 spiro atoms. The molecule has 2 aromatic carbocycles. The highest BCUT2D eigenvalue weighted by molar-refractivity contribution is 5.92. The number of carbonyl (C=O) groups is 1. The monoisotopic (exact) mass is 361 g/mol. The maximum absolute atomic E-state index is 12.4. The van der Waals surface area contributed by atoms with Gasteiger partial charge >= 0.3 is 0 Å². The van der Waals surface area contributed by atoms with Crippen LogP contribution in [0.4, 0.5) is 5.69 Å². The predicted molar refractivity (Wildman–Crippen MR) is 105 cm³/mol. The van der Waals surface area contributed by atoms with Gasteiger partial charge in [-0.05, 0) is 38.1 Å². The fraction of sp³-hybridized carbons (Fsp3) is 0.273. The number of piperidine rings is 1. The predicted octanol–water partition coefficient (Wildman–Crippen LogP) is 4.19. The lowest BCUT2D eigenvalue weighted by Crippen LogP contribution is -2.37. The number of hydrogen-bond donors (Lipinski definition) is 1. The molecule has 2 heterocycles. The van der Waals surface area contributed by atoms with Crippen LogP contribution in [0.1, 0.15) is 18.5 Å². The van der Waals surface area contributed by atoms with Crippen molar-refractivity contribution in [3.63, 3.8) is 0 Å². The minimum atomic E-state index is 0.0682. The van der Waals surface area contributed by atoms with E-state index in [2.05, 4.69) is 15.4 Å². The van der Waals surface area contributed by atoms with E-state index in [4.69, 9.17) is 4.52 Å². The summed E-state index contributed by atoms with van der Waals surface area (Å²) in [5.74, 6) is 0.981. The molecule has 0 atom stereocenters.